The third-order valence-electron chi connectivity index (χ3n) is 0. The fraction of sp³-hybridized carbons (Fsp3) is 1.00. The second-order valence-electron chi connectivity index (χ2n) is 2.00. The number of hydrogen-bond acceptors (Lipinski definition) is 0. The van der Waals surface area contributed by atoms with Gasteiger partial charge < -0.3 is 0 Å². The van der Waals surface area contributed by atoms with Gasteiger partial charge in [0.25, 0.3) is 0 Å². The van der Waals surface area contributed by atoms with E-state index in [2.05, 4.69) is 27.7 Å². The molecular formula is C8H20Hg4Si. The summed E-state index contributed by atoms with van der Waals surface area (Å²) in [6.07, 6.45) is 0. The van der Waals surface area contributed by atoms with E-state index >= 15 is 0 Å². The van der Waals surface area contributed by atoms with E-state index in [-0.39, 0.29) is 11.0 Å². The Kier molecular flexibility index (Phi) is 131. The molecule has 0 aliphatic heterocycles. The average molecular weight is 947 g/mol. The van der Waals surface area contributed by atoms with Crippen molar-refractivity contribution in [2.24, 2.45) is 0 Å². The van der Waals surface area contributed by atoms with Gasteiger partial charge >= 0.3 is 148 Å². The molecule has 0 unspecified atom stereocenters. The Morgan fingerprint density at radius 1 is 0.538 bits per heavy atom. The molecule has 0 N–H and O–H groups in total. The van der Waals surface area contributed by atoms with E-state index in [1.165, 1.54) is 15.7 Å². The quantitative estimate of drug-likeness (QED) is 0.327. The minimum atomic E-state index is 0. The van der Waals surface area contributed by atoms with Gasteiger partial charge in [0.15, 0.2) is 0 Å². The Hall–Kier alpha value is 3.96. The summed E-state index contributed by atoms with van der Waals surface area (Å²) in [6, 6.07) is 0. The van der Waals surface area contributed by atoms with Crippen LogP contribution in [0.5, 0.6) is 0 Å². The number of rotatable bonds is 0. The molecule has 64 valence electrons. The van der Waals surface area contributed by atoms with Gasteiger partial charge in [-0.3, -0.25) is 0 Å². The Balaban J connectivity index is -0.0000000213. The molecule has 4 radical (unpaired) electrons. The first-order chi connectivity index (χ1) is 5.66. The fourth-order valence-electron chi connectivity index (χ4n) is 0. The average Bonchev–Trinajstić information content (AvgIpc) is 1.92. The van der Waals surface area contributed by atoms with E-state index in [0.717, 1.165) is 104 Å². The van der Waals surface area contributed by atoms with Crippen LogP contribution in [0.1, 0.15) is 27.7 Å². The van der Waals surface area contributed by atoms with Crippen LogP contribution >= 0.6 is 0 Å². The van der Waals surface area contributed by atoms with Crippen LogP contribution in [0, 0.1) is 0 Å². The molecule has 0 aliphatic carbocycles. The predicted octanol–water partition coefficient (Wildman–Crippen LogP) is 3.50. The molecule has 0 saturated heterocycles. The van der Waals surface area contributed by atoms with Gasteiger partial charge in [0.05, 0.1) is 0 Å². The SMILES string of the molecule is C[CH2][Hg].C[CH2][Hg].C[CH2][Hg].C[CH2][Hg].[Si]. The minimum absolute atomic E-state index is 0. The molecule has 0 aromatic rings. The van der Waals surface area contributed by atoms with Gasteiger partial charge in [-0.15, -0.1) is 0 Å². The van der Waals surface area contributed by atoms with Crippen molar-refractivity contribution in [3.8, 4) is 0 Å². The summed E-state index contributed by atoms with van der Waals surface area (Å²) in [5.41, 5.74) is 0. The Morgan fingerprint density at radius 3 is 0.538 bits per heavy atom. The van der Waals surface area contributed by atoms with Gasteiger partial charge in [0.2, 0.25) is 0 Å². The van der Waals surface area contributed by atoms with Crippen molar-refractivity contribution in [2.75, 3.05) is 0 Å². The van der Waals surface area contributed by atoms with Crippen molar-refractivity contribution in [1.29, 1.82) is 0 Å². The second kappa shape index (κ2) is 56.4. The zero-order valence-electron chi connectivity index (χ0n) is 10.2. The summed E-state index contributed by atoms with van der Waals surface area (Å²) in [5.74, 6) is 0. The van der Waals surface area contributed by atoms with Crippen LogP contribution in [-0.4, -0.2) is 11.0 Å². The molecule has 0 bridgehead atoms. The van der Waals surface area contributed by atoms with Crippen molar-refractivity contribution in [2.45, 2.75) is 43.4 Å². The van der Waals surface area contributed by atoms with Crippen molar-refractivity contribution < 1.29 is 104 Å². The molecule has 0 spiro atoms. The maximum absolute atomic E-state index is 2.21. The second-order valence-corrected chi connectivity index (χ2v) is 17.5. The molecule has 0 aliphatic rings. The topological polar surface area (TPSA) is 0 Å². The van der Waals surface area contributed by atoms with Crippen LogP contribution < -0.4 is 0 Å². The largest absolute Gasteiger partial charge is 0 e. The molecule has 0 fully saturated rings. The van der Waals surface area contributed by atoms with Gasteiger partial charge in [-0.2, -0.15) is 0 Å². The Labute approximate surface area is 155 Å². The smallest absolute Gasteiger partial charge is 0 e. The fourth-order valence-corrected chi connectivity index (χ4v) is 0. The van der Waals surface area contributed by atoms with Crippen LogP contribution in [0.15, 0.2) is 0 Å². The van der Waals surface area contributed by atoms with Crippen LogP contribution in [0.4, 0.5) is 0 Å². The summed E-state index contributed by atoms with van der Waals surface area (Å²) in [6.45, 7) is 8.85. The molecule has 0 amide bonds. The monoisotopic (exact) mass is 952 g/mol. The van der Waals surface area contributed by atoms with Gasteiger partial charge in [0, 0.05) is 11.0 Å². The van der Waals surface area contributed by atoms with Crippen molar-refractivity contribution in [3.05, 3.63) is 0 Å². The number of hydrogen-bond donors (Lipinski definition) is 0. The molecule has 0 aromatic carbocycles. The Morgan fingerprint density at radius 2 is 0.538 bits per heavy atom. The molecule has 13 heavy (non-hydrogen) atoms. The predicted molar refractivity (Wildman–Crippen MR) is 47.7 cm³/mol. The third-order valence-corrected chi connectivity index (χ3v) is 0. The van der Waals surface area contributed by atoms with Gasteiger partial charge in [-0.05, 0) is 0 Å². The summed E-state index contributed by atoms with van der Waals surface area (Å²) in [7, 11) is 0. The van der Waals surface area contributed by atoms with E-state index in [1.54, 1.807) is 0 Å². The molecule has 0 heterocycles. The van der Waals surface area contributed by atoms with Crippen LogP contribution in [0.3, 0.4) is 0 Å². The molecule has 5 heteroatoms. The van der Waals surface area contributed by atoms with E-state index in [1.807, 2.05) is 0 Å². The van der Waals surface area contributed by atoms with E-state index in [0.29, 0.717) is 0 Å². The van der Waals surface area contributed by atoms with Crippen LogP contribution in [-0.2, 0) is 104 Å². The van der Waals surface area contributed by atoms with E-state index < -0.39 is 0 Å². The normalized spacial score (nSPS) is 5.85. The Bertz CT molecular complexity index is 24.1. The minimum Gasteiger partial charge on any atom is 0 e. The van der Waals surface area contributed by atoms with E-state index in [9.17, 15) is 0 Å². The molecule has 0 rings (SSSR count). The van der Waals surface area contributed by atoms with Gasteiger partial charge in [-0.1, -0.05) is 0 Å². The first-order valence-electron chi connectivity index (χ1n) is 4.83. The first kappa shape index (κ1) is 30.2. The molecule has 0 atom stereocenters. The molecule has 0 nitrogen and oxygen atoms in total. The van der Waals surface area contributed by atoms with Crippen molar-refractivity contribution >= 4 is 11.0 Å². The summed E-state index contributed by atoms with van der Waals surface area (Å²) in [4.78, 5) is 0. The molecular weight excluding hydrogens is 927 g/mol. The zero-order chi connectivity index (χ0) is 10.8. The standard InChI is InChI=1S/4C2H5.4Hg.Si/c4*1-2;;;;;/h4*1H2,2H3;;;;;. The van der Waals surface area contributed by atoms with Crippen LogP contribution in [0.2, 0.25) is 15.7 Å². The van der Waals surface area contributed by atoms with Crippen LogP contribution in [0.25, 0.3) is 0 Å². The summed E-state index contributed by atoms with van der Waals surface area (Å²) < 4.78 is 5.78. The maximum atomic E-state index is 2.21. The van der Waals surface area contributed by atoms with Gasteiger partial charge in [-0.25, -0.2) is 0 Å². The summed E-state index contributed by atoms with van der Waals surface area (Å²) >= 11 is 4.27. The zero-order valence-corrected chi connectivity index (χ0v) is 33.1. The summed E-state index contributed by atoms with van der Waals surface area (Å²) in [5, 5.41) is 0. The van der Waals surface area contributed by atoms with Crippen molar-refractivity contribution in [3.63, 3.8) is 0 Å². The maximum Gasteiger partial charge on any atom is 0 e. The van der Waals surface area contributed by atoms with E-state index in [4.69, 9.17) is 0 Å². The molecule has 0 saturated carbocycles. The van der Waals surface area contributed by atoms with Gasteiger partial charge in [0.1, 0.15) is 0 Å². The third kappa shape index (κ3) is 199. The molecule has 0 aromatic heterocycles. The van der Waals surface area contributed by atoms with Crippen molar-refractivity contribution in [1.82, 2.24) is 0 Å². The first-order valence-corrected chi connectivity index (χ1v) is 20.4.